The first-order valence-electron chi connectivity index (χ1n) is 15.2. The molecule has 5 fully saturated rings. The molecule has 11 unspecified atom stereocenters. The fourth-order valence-electron chi connectivity index (χ4n) is 11.8. The van der Waals surface area contributed by atoms with Crippen LogP contribution < -0.4 is 5.32 Å². The van der Waals surface area contributed by atoms with Crippen LogP contribution in [0, 0.1) is 44.8 Å². The van der Waals surface area contributed by atoms with Gasteiger partial charge >= 0.3 is 0 Å². The molecule has 0 radical (unpaired) electrons. The standard InChI is InChI=1S/C33H50N2O3/c1-21(35(5)6)28-24(38)17-31(4)26-12-11-25-29(2,20-37)27(34-23-9-7-22(18-36)8-10-23)13-14-32(25)19-33(26,32)16-15-30(28,31)3/h7-10,18,21,24-28,34,37-38H,11-17,19-20H2,1-6H3. The maximum atomic E-state index is 11.5. The summed E-state index contributed by atoms with van der Waals surface area (Å²) >= 11 is 0. The largest absolute Gasteiger partial charge is 0.396 e. The van der Waals surface area contributed by atoms with Crippen LogP contribution in [-0.2, 0) is 0 Å². The van der Waals surface area contributed by atoms with E-state index in [-0.39, 0.29) is 35.0 Å². The molecule has 0 bridgehead atoms. The highest BCUT2D eigenvalue weighted by molar-refractivity contribution is 5.75. The molecule has 3 N–H and O–H groups in total. The first-order valence-corrected chi connectivity index (χ1v) is 15.2. The molecular weight excluding hydrogens is 472 g/mol. The van der Waals surface area contributed by atoms with Gasteiger partial charge in [-0.1, -0.05) is 20.8 Å². The first-order chi connectivity index (χ1) is 17.9. The molecule has 0 aromatic heterocycles. The van der Waals surface area contributed by atoms with Crippen LogP contribution in [0.2, 0.25) is 0 Å². The van der Waals surface area contributed by atoms with Crippen LogP contribution in [-0.4, -0.2) is 60.3 Å². The Bertz CT molecular complexity index is 1090. The van der Waals surface area contributed by atoms with Crippen LogP contribution >= 0.6 is 0 Å². The summed E-state index contributed by atoms with van der Waals surface area (Å²) in [5, 5.41) is 26.3. The lowest BCUT2D eigenvalue weighted by molar-refractivity contribution is -0.151. The summed E-state index contributed by atoms with van der Waals surface area (Å²) in [6.07, 6.45) is 10.2. The number of carbonyl (C=O) groups excluding carboxylic acids is 1. The molecule has 1 aromatic rings. The van der Waals surface area contributed by atoms with Gasteiger partial charge in [-0.05, 0) is 130 Å². The summed E-state index contributed by atoms with van der Waals surface area (Å²) in [6.45, 7) is 9.94. The van der Waals surface area contributed by atoms with E-state index in [2.05, 4.69) is 52.0 Å². The van der Waals surface area contributed by atoms with Gasteiger partial charge in [0, 0.05) is 34.7 Å². The molecule has 5 heteroatoms. The predicted molar refractivity (Wildman–Crippen MR) is 152 cm³/mol. The number of rotatable bonds is 6. The number of nitrogens with one attached hydrogen (secondary N) is 1. The molecule has 0 heterocycles. The normalized spacial score (nSPS) is 49.9. The summed E-state index contributed by atoms with van der Waals surface area (Å²) < 4.78 is 0. The van der Waals surface area contributed by atoms with Gasteiger partial charge < -0.3 is 20.4 Å². The van der Waals surface area contributed by atoms with Crippen molar-refractivity contribution in [3.05, 3.63) is 29.8 Å². The maximum absolute atomic E-state index is 11.5. The molecule has 0 amide bonds. The Morgan fingerprint density at radius 3 is 2.29 bits per heavy atom. The van der Waals surface area contributed by atoms with Crippen LogP contribution in [0.4, 0.5) is 5.69 Å². The predicted octanol–water partition coefficient (Wildman–Crippen LogP) is 5.61. The summed E-state index contributed by atoms with van der Waals surface area (Å²) in [7, 11) is 4.33. The van der Waals surface area contributed by atoms with Gasteiger partial charge in [0.05, 0.1) is 12.7 Å². The molecule has 5 aliphatic carbocycles. The minimum absolute atomic E-state index is 0.162. The Balaban J connectivity index is 1.29. The van der Waals surface area contributed by atoms with E-state index in [1.165, 1.54) is 38.5 Å². The Morgan fingerprint density at radius 2 is 1.66 bits per heavy atom. The van der Waals surface area contributed by atoms with Gasteiger partial charge in [-0.3, -0.25) is 4.79 Å². The number of hydrogen-bond donors (Lipinski definition) is 3. The van der Waals surface area contributed by atoms with Gasteiger partial charge in [-0.25, -0.2) is 0 Å². The Labute approximate surface area is 229 Å². The van der Waals surface area contributed by atoms with E-state index < -0.39 is 0 Å². The molecule has 11 atom stereocenters. The lowest BCUT2D eigenvalue weighted by Gasteiger charge is -2.63. The van der Waals surface area contributed by atoms with E-state index in [9.17, 15) is 15.0 Å². The van der Waals surface area contributed by atoms with Crippen LogP contribution in [0.3, 0.4) is 0 Å². The fourth-order valence-corrected chi connectivity index (χ4v) is 11.8. The van der Waals surface area contributed by atoms with Crippen molar-refractivity contribution in [2.75, 3.05) is 26.0 Å². The summed E-state index contributed by atoms with van der Waals surface area (Å²) in [4.78, 5) is 13.4. The molecule has 5 nitrogen and oxygen atoms in total. The smallest absolute Gasteiger partial charge is 0.150 e. The zero-order valence-corrected chi connectivity index (χ0v) is 24.5. The lowest BCUT2D eigenvalue weighted by Crippen LogP contribution is -2.60. The van der Waals surface area contributed by atoms with Crippen LogP contribution in [0.1, 0.15) is 89.4 Å². The van der Waals surface area contributed by atoms with Crippen molar-refractivity contribution in [3.63, 3.8) is 0 Å². The van der Waals surface area contributed by atoms with Crippen molar-refractivity contribution in [1.82, 2.24) is 4.90 Å². The fraction of sp³-hybridized carbons (Fsp3) is 0.788. The molecule has 5 aliphatic rings. The second kappa shape index (κ2) is 8.54. The van der Waals surface area contributed by atoms with Crippen molar-refractivity contribution < 1.29 is 15.0 Å². The van der Waals surface area contributed by atoms with Gasteiger partial charge in [0.1, 0.15) is 6.29 Å². The lowest BCUT2D eigenvalue weighted by atomic mass is 9.41. The van der Waals surface area contributed by atoms with Gasteiger partial charge in [0.25, 0.3) is 0 Å². The van der Waals surface area contributed by atoms with E-state index in [4.69, 9.17) is 0 Å². The number of hydrogen-bond acceptors (Lipinski definition) is 5. The third kappa shape index (κ3) is 3.19. The number of aliphatic hydroxyl groups is 2. The van der Waals surface area contributed by atoms with Crippen LogP contribution in [0.25, 0.3) is 0 Å². The Hall–Kier alpha value is -1.43. The summed E-state index contributed by atoms with van der Waals surface area (Å²) in [6, 6.07) is 8.34. The average Bonchev–Trinajstić information content (AvgIpc) is 3.50. The molecule has 0 saturated heterocycles. The molecule has 1 aromatic carbocycles. The number of anilines is 1. The van der Waals surface area contributed by atoms with Gasteiger partial charge in [-0.15, -0.1) is 0 Å². The number of carbonyl (C=O) groups is 1. The van der Waals surface area contributed by atoms with E-state index in [0.29, 0.717) is 40.2 Å². The van der Waals surface area contributed by atoms with Crippen LogP contribution in [0.5, 0.6) is 0 Å². The first kappa shape index (κ1) is 26.8. The van der Waals surface area contributed by atoms with Gasteiger partial charge in [-0.2, -0.15) is 0 Å². The minimum atomic E-state index is -0.224. The second-order valence-corrected chi connectivity index (χ2v) is 15.1. The molecule has 5 saturated carbocycles. The number of nitrogens with zero attached hydrogens (tertiary/aromatic N) is 1. The SMILES string of the molecule is CC(C1C(O)CC2(C)C3CCC4C(C)(CO)C(Nc5ccc(C=O)cc5)CCC45CC35CCC12C)N(C)C. The van der Waals surface area contributed by atoms with Gasteiger partial charge in [0.15, 0.2) is 0 Å². The van der Waals surface area contributed by atoms with E-state index in [1.54, 1.807) is 0 Å². The quantitative estimate of drug-likeness (QED) is 0.424. The molecule has 210 valence electrons. The van der Waals surface area contributed by atoms with Crippen LogP contribution in [0.15, 0.2) is 24.3 Å². The van der Waals surface area contributed by atoms with Crippen molar-refractivity contribution in [2.24, 2.45) is 44.8 Å². The summed E-state index contributed by atoms with van der Waals surface area (Å²) in [5.41, 5.74) is 2.61. The molecule has 38 heavy (non-hydrogen) atoms. The number of aliphatic hydroxyl groups excluding tert-OH is 2. The molecule has 0 aliphatic heterocycles. The highest BCUT2D eigenvalue weighted by atomic mass is 16.3. The van der Waals surface area contributed by atoms with Crippen molar-refractivity contribution in [3.8, 4) is 0 Å². The second-order valence-electron chi connectivity index (χ2n) is 15.1. The Morgan fingerprint density at radius 1 is 1.00 bits per heavy atom. The highest BCUT2D eigenvalue weighted by Crippen LogP contribution is 2.89. The monoisotopic (exact) mass is 522 g/mol. The van der Waals surface area contributed by atoms with Crippen molar-refractivity contribution in [2.45, 2.75) is 97.2 Å². The van der Waals surface area contributed by atoms with E-state index in [0.717, 1.165) is 24.8 Å². The average molecular weight is 523 g/mol. The maximum Gasteiger partial charge on any atom is 0.150 e. The number of aldehydes is 1. The topological polar surface area (TPSA) is 72.8 Å². The van der Waals surface area contributed by atoms with Gasteiger partial charge in [0.2, 0.25) is 0 Å². The zero-order chi connectivity index (χ0) is 27.3. The molecular formula is C33H50N2O3. The van der Waals surface area contributed by atoms with Crippen molar-refractivity contribution in [1.29, 1.82) is 0 Å². The minimum Gasteiger partial charge on any atom is -0.396 e. The zero-order valence-electron chi connectivity index (χ0n) is 24.5. The highest BCUT2D eigenvalue weighted by Gasteiger charge is 2.83. The number of benzene rings is 1. The third-order valence-corrected chi connectivity index (χ3v) is 14.1. The number of fused-ring (bicyclic) bond motifs is 2. The summed E-state index contributed by atoms with van der Waals surface area (Å²) in [5.74, 6) is 1.51. The van der Waals surface area contributed by atoms with Crippen molar-refractivity contribution >= 4 is 12.0 Å². The molecule has 6 rings (SSSR count). The third-order valence-electron chi connectivity index (χ3n) is 14.1. The molecule has 2 spiro atoms. The van der Waals surface area contributed by atoms with E-state index >= 15 is 0 Å². The van der Waals surface area contributed by atoms with E-state index in [1.807, 2.05) is 24.3 Å². The Kier molecular flexibility index (Phi) is 6.01.